The third kappa shape index (κ3) is 55.8. The van der Waals surface area contributed by atoms with Crippen LogP contribution < -0.4 is 0 Å². The van der Waals surface area contributed by atoms with E-state index < -0.39 is 64.4 Å². The van der Waals surface area contributed by atoms with E-state index in [0.717, 1.165) is 116 Å². The van der Waals surface area contributed by atoms with Crippen molar-refractivity contribution in [2.45, 2.75) is 213 Å². The first kappa shape index (κ1) is 73.1. The van der Waals surface area contributed by atoms with Crippen LogP contribution in [0.25, 0.3) is 0 Å². The van der Waals surface area contributed by atoms with Gasteiger partial charge >= 0.3 is 25.7 Å². The fourth-order valence-corrected chi connectivity index (χ4v) is 7.82. The number of unbranched alkanes of at least 4 members (excludes halogenated alkanes) is 9. The van der Waals surface area contributed by atoms with Gasteiger partial charge in [0.15, 0.2) is 6.10 Å². The molecule has 3 unspecified atom stereocenters. The van der Waals surface area contributed by atoms with E-state index in [-0.39, 0.29) is 19.3 Å². The second kappa shape index (κ2) is 58.3. The van der Waals surface area contributed by atoms with Gasteiger partial charge in [-0.1, -0.05) is 211 Å². The first-order valence-electron chi connectivity index (χ1n) is 29.4. The van der Waals surface area contributed by atoms with Crippen LogP contribution in [-0.2, 0) is 42.2 Å². The molecule has 0 aromatic heterocycles. The van der Waals surface area contributed by atoms with Crippen molar-refractivity contribution in [1.29, 1.82) is 0 Å². The van der Waals surface area contributed by atoms with Gasteiger partial charge in [-0.05, 0) is 128 Å². The Labute approximate surface area is 473 Å². The minimum atomic E-state index is -4.80. The lowest BCUT2D eigenvalue weighted by Crippen LogP contribution is -2.30. The van der Waals surface area contributed by atoms with Crippen LogP contribution in [0.1, 0.15) is 201 Å². The highest BCUT2D eigenvalue weighted by Gasteiger charge is 2.28. The van der Waals surface area contributed by atoms with Crippen molar-refractivity contribution < 1.29 is 52.2 Å². The average Bonchev–Trinajstić information content (AvgIpc) is 3.43. The number of carbonyl (C=O) groups excluding carboxylic acids is 3. The Balaban J connectivity index is 4.95. The zero-order valence-corrected chi connectivity index (χ0v) is 49.2. The molecule has 0 aliphatic heterocycles. The molecule has 438 valence electrons. The summed E-state index contributed by atoms with van der Waals surface area (Å²) in [5.41, 5.74) is 0. The molecule has 12 heteroatoms. The monoisotopic (exact) mass is 1100 g/mol. The predicted octanol–water partition coefficient (Wildman–Crippen LogP) is 17.7. The fourth-order valence-electron chi connectivity index (χ4n) is 7.03. The number of allylic oxidation sites excluding steroid dienone is 26. The Morgan fingerprint density at radius 3 is 1.13 bits per heavy atom. The Morgan fingerprint density at radius 2 is 0.705 bits per heavy atom. The minimum absolute atomic E-state index is 0.0629. The van der Waals surface area contributed by atoms with Gasteiger partial charge in [-0.2, -0.15) is 0 Å². The molecule has 0 aromatic rings. The smallest absolute Gasteiger partial charge is 0.462 e. The van der Waals surface area contributed by atoms with Crippen LogP contribution >= 0.6 is 7.82 Å². The molecule has 3 atom stereocenters. The molecule has 2 N–H and O–H groups in total. The molecule has 0 radical (unpaired) electrons. The van der Waals surface area contributed by atoms with Gasteiger partial charge in [0, 0.05) is 19.3 Å². The van der Waals surface area contributed by atoms with Crippen molar-refractivity contribution in [3.8, 4) is 0 Å². The lowest BCUT2D eigenvalue weighted by Gasteiger charge is -2.21. The highest BCUT2D eigenvalue weighted by atomic mass is 31.2. The van der Waals surface area contributed by atoms with E-state index >= 15 is 0 Å². The first-order valence-corrected chi connectivity index (χ1v) is 30.9. The first-order chi connectivity index (χ1) is 38.2. The van der Waals surface area contributed by atoms with Gasteiger partial charge in [-0.25, -0.2) is 4.57 Å². The number of hydrogen-bond donors (Lipinski definition) is 2. The number of aliphatic hydroxyl groups excluding tert-OH is 1. The Hall–Kier alpha value is -4.90. The number of aliphatic hydroxyl groups is 1. The molecule has 0 saturated heterocycles. The maximum atomic E-state index is 12.9. The normalized spacial score (nSPS) is 14.5. The number of hydrogen-bond acceptors (Lipinski definition) is 10. The van der Waals surface area contributed by atoms with Gasteiger partial charge in [0.25, 0.3) is 0 Å². The summed E-state index contributed by atoms with van der Waals surface area (Å²) in [6.45, 7) is 4.20. The van der Waals surface area contributed by atoms with Crippen LogP contribution in [0.15, 0.2) is 158 Å². The van der Waals surface area contributed by atoms with Gasteiger partial charge in [0.1, 0.15) is 12.7 Å². The topological polar surface area (TPSA) is 155 Å². The lowest BCUT2D eigenvalue weighted by atomic mass is 10.1. The highest BCUT2D eigenvalue weighted by Crippen LogP contribution is 2.43. The average molecular weight is 1100 g/mol. The van der Waals surface area contributed by atoms with Gasteiger partial charge in [0.05, 0.1) is 19.8 Å². The third-order valence-corrected chi connectivity index (χ3v) is 12.4. The molecule has 0 aliphatic rings. The molecule has 78 heavy (non-hydrogen) atoms. The second-order valence-corrected chi connectivity index (χ2v) is 20.1. The molecule has 0 aromatic carbocycles. The Kier molecular flexibility index (Phi) is 54.6. The van der Waals surface area contributed by atoms with E-state index in [1.54, 1.807) is 0 Å². The molecule has 0 rings (SSSR count). The largest absolute Gasteiger partial charge is 0.472 e. The predicted molar refractivity (Wildman–Crippen MR) is 325 cm³/mol. The maximum Gasteiger partial charge on any atom is 0.472 e. The number of carbonyl (C=O) groups is 3. The van der Waals surface area contributed by atoms with Gasteiger partial charge in [-0.3, -0.25) is 23.4 Å². The summed E-state index contributed by atoms with van der Waals surface area (Å²) in [6.07, 6.45) is 76.5. The number of ether oxygens (including phenoxy) is 3. The summed E-state index contributed by atoms with van der Waals surface area (Å²) < 4.78 is 39.4. The molecule has 0 heterocycles. The van der Waals surface area contributed by atoms with Gasteiger partial charge < -0.3 is 24.2 Å². The van der Waals surface area contributed by atoms with E-state index in [1.165, 1.54) is 19.3 Å². The lowest BCUT2D eigenvalue weighted by molar-refractivity contribution is -0.161. The molecular formula is C66H103O11P. The zero-order chi connectivity index (χ0) is 56.9. The summed E-state index contributed by atoms with van der Waals surface area (Å²) in [7, 11) is -4.80. The van der Waals surface area contributed by atoms with Crippen LogP contribution in [0.3, 0.4) is 0 Å². The quantitative estimate of drug-likeness (QED) is 0.0197. The zero-order valence-electron chi connectivity index (χ0n) is 48.3. The second-order valence-electron chi connectivity index (χ2n) is 18.7. The van der Waals surface area contributed by atoms with E-state index in [9.17, 15) is 28.9 Å². The molecular weight excluding hydrogens is 1000 g/mol. The molecule has 0 saturated carbocycles. The molecule has 0 fully saturated rings. The van der Waals surface area contributed by atoms with Gasteiger partial charge in [0.2, 0.25) is 0 Å². The van der Waals surface area contributed by atoms with E-state index in [4.69, 9.17) is 23.3 Å². The van der Waals surface area contributed by atoms with Gasteiger partial charge in [-0.15, -0.1) is 0 Å². The van der Waals surface area contributed by atoms with Crippen molar-refractivity contribution in [3.05, 3.63) is 158 Å². The standard InChI is InChI=1S/C66H103O11P/c1-4-7-10-13-16-19-22-25-28-30-31-33-35-37-40-43-46-49-52-55-64(68)73-59-63(77-66(70)57-54-51-48-45-42-39-36-32-29-26-23-20-17-14-11-8-5-2)61-75-78(71,72)74-60-62(58-67)76-65(69)56-53-50-47-44-41-38-34-27-24-21-18-15-12-9-6-3/h7-8,10-11,16-21,25-29,31,33-34,36-37,39-40,45-46,48-49,62-63,67H,4-6,9,12-15,22-24,30,32,35,38,41-44,47,50-61H2,1-3H3,(H,71,72)/b10-7-,11-8-,19-16-,20-17-,21-18-,28-25-,29-26-,33-31-,34-27-,39-36-,40-37-,48-45-,49-46-. The number of esters is 3. The van der Waals surface area contributed by atoms with Crippen LogP contribution in [0, 0.1) is 0 Å². The van der Waals surface area contributed by atoms with E-state index in [0.29, 0.717) is 25.7 Å². The highest BCUT2D eigenvalue weighted by molar-refractivity contribution is 7.47. The number of phosphoric acid groups is 1. The number of phosphoric ester groups is 1. The summed E-state index contributed by atoms with van der Waals surface area (Å²) in [5, 5.41) is 9.82. The van der Waals surface area contributed by atoms with Crippen molar-refractivity contribution in [1.82, 2.24) is 0 Å². The van der Waals surface area contributed by atoms with Crippen molar-refractivity contribution in [2.75, 3.05) is 26.4 Å². The molecule has 11 nitrogen and oxygen atoms in total. The van der Waals surface area contributed by atoms with Crippen LogP contribution in [-0.4, -0.2) is 66.5 Å². The van der Waals surface area contributed by atoms with Crippen LogP contribution in [0.4, 0.5) is 0 Å². The molecule has 0 spiro atoms. The summed E-state index contributed by atoms with van der Waals surface area (Å²) >= 11 is 0. The summed E-state index contributed by atoms with van der Waals surface area (Å²) in [5.74, 6) is -1.67. The fraction of sp³-hybridized carbons (Fsp3) is 0.561. The van der Waals surface area contributed by atoms with Crippen molar-refractivity contribution in [3.63, 3.8) is 0 Å². The maximum absolute atomic E-state index is 12.9. The Morgan fingerprint density at radius 1 is 0.372 bits per heavy atom. The van der Waals surface area contributed by atoms with Crippen LogP contribution in [0.5, 0.6) is 0 Å². The summed E-state index contributed by atoms with van der Waals surface area (Å²) in [4.78, 5) is 48.5. The SMILES string of the molecule is CC/C=C\C/C=C\C/C=C\C/C=C\C/C=C\C/C=C\CCC(=O)OCC(COP(=O)(O)OCC(CO)OC(=O)CCCCCCC/C=C\C/C=C\CCCCC)OC(=O)CCC/C=C\C/C=C\C/C=C\C/C=C\C/C=C\CC. The summed E-state index contributed by atoms with van der Waals surface area (Å²) in [6, 6.07) is 0. The van der Waals surface area contributed by atoms with Crippen molar-refractivity contribution in [2.24, 2.45) is 0 Å². The molecule has 0 bridgehead atoms. The van der Waals surface area contributed by atoms with E-state index in [2.05, 4.69) is 154 Å². The Bertz CT molecular complexity index is 1910. The van der Waals surface area contributed by atoms with E-state index in [1.807, 2.05) is 24.3 Å². The molecule has 0 aliphatic carbocycles. The molecule has 0 amide bonds. The van der Waals surface area contributed by atoms with Crippen molar-refractivity contribution >= 4 is 25.7 Å². The minimum Gasteiger partial charge on any atom is -0.462 e. The third-order valence-electron chi connectivity index (χ3n) is 11.4. The van der Waals surface area contributed by atoms with Crippen LogP contribution in [0.2, 0.25) is 0 Å². The number of rotatable bonds is 52.